The molecule has 1 aromatic carbocycles. The van der Waals surface area contributed by atoms with Crippen molar-refractivity contribution >= 4 is 23.2 Å². The molecule has 150 valence electrons. The minimum absolute atomic E-state index is 0.00544. The van der Waals surface area contributed by atoms with E-state index in [1.807, 2.05) is 17.0 Å². The van der Waals surface area contributed by atoms with Gasteiger partial charge in [0, 0.05) is 63.0 Å². The molecule has 28 heavy (non-hydrogen) atoms. The van der Waals surface area contributed by atoms with Crippen molar-refractivity contribution in [2.24, 2.45) is 0 Å². The van der Waals surface area contributed by atoms with E-state index in [1.165, 1.54) is 5.69 Å². The first-order chi connectivity index (χ1) is 13.6. The van der Waals surface area contributed by atoms with Gasteiger partial charge in [0.1, 0.15) is 0 Å². The van der Waals surface area contributed by atoms with Gasteiger partial charge in [0.2, 0.25) is 5.95 Å². The van der Waals surface area contributed by atoms with Crippen LogP contribution in [0.25, 0.3) is 0 Å². The number of hydrogen-bond donors (Lipinski definition) is 1. The Morgan fingerprint density at radius 1 is 1.00 bits per heavy atom. The Morgan fingerprint density at radius 2 is 1.61 bits per heavy atom. The summed E-state index contributed by atoms with van der Waals surface area (Å²) < 4.78 is 0. The smallest absolute Gasteiger partial charge is 0.257 e. The normalized spacial score (nSPS) is 14.8. The van der Waals surface area contributed by atoms with Gasteiger partial charge in [0.15, 0.2) is 0 Å². The molecule has 1 amide bonds. The molecule has 7 heteroatoms. The molecule has 7 nitrogen and oxygen atoms in total. The molecule has 0 atom stereocenters. The Hall–Kier alpha value is -2.67. The van der Waals surface area contributed by atoms with Crippen molar-refractivity contribution in [3.63, 3.8) is 0 Å². The standard InChI is InChI=1S/C21H30N6O/c1-4-25-11-13-27(14-12-25)20(28)17-15-22-21(23-16-17)24-18-7-9-19(10-8-18)26(5-2)6-3/h7-10,15-16H,4-6,11-14H2,1-3H3,(H,22,23,24). The highest BCUT2D eigenvalue weighted by Gasteiger charge is 2.21. The molecular formula is C21H30N6O. The lowest BCUT2D eigenvalue weighted by Crippen LogP contribution is -2.48. The van der Waals surface area contributed by atoms with Gasteiger partial charge in [-0.2, -0.15) is 0 Å². The molecule has 0 saturated carbocycles. The number of aromatic nitrogens is 2. The van der Waals surface area contributed by atoms with Gasteiger partial charge in [-0.3, -0.25) is 4.79 Å². The third kappa shape index (κ3) is 4.78. The Kier molecular flexibility index (Phi) is 6.81. The van der Waals surface area contributed by atoms with Crippen LogP contribution in [-0.2, 0) is 0 Å². The first-order valence-corrected chi connectivity index (χ1v) is 10.1. The molecule has 3 rings (SSSR count). The highest BCUT2D eigenvalue weighted by Crippen LogP contribution is 2.19. The van der Waals surface area contributed by atoms with E-state index in [9.17, 15) is 4.79 Å². The lowest BCUT2D eigenvalue weighted by molar-refractivity contribution is 0.0642. The Morgan fingerprint density at radius 3 is 2.14 bits per heavy atom. The highest BCUT2D eigenvalue weighted by molar-refractivity contribution is 5.93. The van der Waals surface area contributed by atoms with Gasteiger partial charge >= 0.3 is 0 Å². The van der Waals surface area contributed by atoms with E-state index in [0.29, 0.717) is 11.5 Å². The third-order valence-corrected chi connectivity index (χ3v) is 5.26. The number of anilines is 3. The number of carbonyl (C=O) groups is 1. The summed E-state index contributed by atoms with van der Waals surface area (Å²) in [7, 11) is 0. The summed E-state index contributed by atoms with van der Waals surface area (Å²) in [6, 6.07) is 8.21. The molecule has 2 heterocycles. The predicted octanol–water partition coefficient (Wildman–Crippen LogP) is 2.84. The molecule has 1 fully saturated rings. The zero-order valence-corrected chi connectivity index (χ0v) is 17.1. The topological polar surface area (TPSA) is 64.6 Å². The maximum atomic E-state index is 12.6. The number of likely N-dealkylation sites (N-methyl/N-ethyl adjacent to an activating group) is 1. The van der Waals surface area contributed by atoms with Crippen molar-refractivity contribution in [2.75, 3.05) is 56.0 Å². The van der Waals surface area contributed by atoms with Crippen LogP contribution < -0.4 is 10.2 Å². The number of carbonyl (C=O) groups excluding carboxylic acids is 1. The first kappa shape index (κ1) is 20.1. The fourth-order valence-corrected chi connectivity index (χ4v) is 3.43. The van der Waals surface area contributed by atoms with Crippen molar-refractivity contribution in [1.82, 2.24) is 19.8 Å². The number of rotatable bonds is 7. The molecule has 1 aliphatic rings. The second-order valence-corrected chi connectivity index (χ2v) is 6.87. The van der Waals surface area contributed by atoms with Gasteiger partial charge in [-0.25, -0.2) is 9.97 Å². The Bertz CT molecular complexity index is 749. The molecule has 0 aliphatic carbocycles. The first-order valence-electron chi connectivity index (χ1n) is 10.1. The summed E-state index contributed by atoms with van der Waals surface area (Å²) >= 11 is 0. The highest BCUT2D eigenvalue weighted by atomic mass is 16.2. The van der Waals surface area contributed by atoms with Gasteiger partial charge in [-0.15, -0.1) is 0 Å². The van der Waals surface area contributed by atoms with Gasteiger partial charge in [-0.05, 0) is 44.7 Å². The number of benzene rings is 1. The largest absolute Gasteiger partial charge is 0.372 e. The van der Waals surface area contributed by atoms with Crippen molar-refractivity contribution in [2.45, 2.75) is 20.8 Å². The summed E-state index contributed by atoms with van der Waals surface area (Å²) in [6.45, 7) is 12.8. The quantitative estimate of drug-likeness (QED) is 0.794. The van der Waals surface area contributed by atoms with Crippen LogP contribution in [0.4, 0.5) is 17.3 Å². The van der Waals surface area contributed by atoms with E-state index in [0.717, 1.165) is 51.5 Å². The van der Waals surface area contributed by atoms with Gasteiger partial charge in [-0.1, -0.05) is 6.92 Å². The van der Waals surface area contributed by atoms with E-state index in [-0.39, 0.29) is 5.91 Å². The summed E-state index contributed by atoms with van der Waals surface area (Å²) in [6.07, 6.45) is 3.21. The third-order valence-electron chi connectivity index (χ3n) is 5.26. The van der Waals surface area contributed by atoms with Gasteiger partial charge < -0.3 is 20.0 Å². The van der Waals surface area contributed by atoms with E-state index >= 15 is 0 Å². The van der Waals surface area contributed by atoms with Crippen molar-refractivity contribution in [1.29, 1.82) is 0 Å². The summed E-state index contributed by atoms with van der Waals surface area (Å²) in [5.41, 5.74) is 2.65. The Balaban J connectivity index is 1.59. The second kappa shape index (κ2) is 9.50. The molecule has 0 bridgehead atoms. The number of amides is 1. The summed E-state index contributed by atoms with van der Waals surface area (Å²) in [4.78, 5) is 27.8. The minimum atomic E-state index is 0.00544. The maximum absolute atomic E-state index is 12.6. The maximum Gasteiger partial charge on any atom is 0.257 e. The van der Waals surface area contributed by atoms with Crippen LogP contribution in [0, 0.1) is 0 Å². The monoisotopic (exact) mass is 382 g/mol. The van der Waals surface area contributed by atoms with Crippen LogP contribution in [0.3, 0.4) is 0 Å². The van der Waals surface area contributed by atoms with Crippen LogP contribution in [0.1, 0.15) is 31.1 Å². The number of hydrogen-bond acceptors (Lipinski definition) is 6. The van der Waals surface area contributed by atoms with Crippen LogP contribution in [0.15, 0.2) is 36.7 Å². The predicted molar refractivity (Wildman–Crippen MR) is 113 cm³/mol. The Labute approximate surface area is 167 Å². The lowest BCUT2D eigenvalue weighted by Gasteiger charge is -2.33. The minimum Gasteiger partial charge on any atom is -0.372 e. The van der Waals surface area contributed by atoms with Gasteiger partial charge in [0.05, 0.1) is 5.56 Å². The summed E-state index contributed by atoms with van der Waals surface area (Å²) in [5, 5.41) is 3.19. The fraction of sp³-hybridized carbons (Fsp3) is 0.476. The molecule has 0 unspecified atom stereocenters. The zero-order chi connectivity index (χ0) is 19.9. The SMILES string of the molecule is CCN1CCN(C(=O)c2cnc(Nc3ccc(N(CC)CC)cc3)nc2)CC1. The average molecular weight is 383 g/mol. The molecule has 2 aromatic rings. The van der Waals surface area contributed by atoms with Crippen molar-refractivity contribution in [3.8, 4) is 0 Å². The molecule has 1 aromatic heterocycles. The molecule has 0 radical (unpaired) electrons. The van der Waals surface area contributed by atoms with E-state index in [2.05, 4.69) is 58.0 Å². The molecule has 0 spiro atoms. The number of piperazine rings is 1. The second-order valence-electron chi connectivity index (χ2n) is 6.87. The van der Waals surface area contributed by atoms with Crippen LogP contribution in [-0.4, -0.2) is 71.5 Å². The van der Waals surface area contributed by atoms with Crippen LogP contribution in [0.2, 0.25) is 0 Å². The van der Waals surface area contributed by atoms with Crippen molar-refractivity contribution in [3.05, 3.63) is 42.2 Å². The lowest BCUT2D eigenvalue weighted by atomic mass is 10.2. The van der Waals surface area contributed by atoms with E-state index < -0.39 is 0 Å². The molecule has 1 N–H and O–H groups in total. The average Bonchev–Trinajstić information content (AvgIpc) is 2.76. The fourth-order valence-electron chi connectivity index (χ4n) is 3.43. The molecular weight excluding hydrogens is 352 g/mol. The van der Waals surface area contributed by atoms with Crippen molar-refractivity contribution < 1.29 is 4.79 Å². The van der Waals surface area contributed by atoms with E-state index in [4.69, 9.17) is 0 Å². The number of nitrogens with one attached hydrogen (secondary N) is 1. The van der Waals surface area contributed by atoms with Crippen LogP contribution in [0.5, 0.6) is 0 Å². The molecule has 1 saturated heterocycles. The van der Waals surface area contributed by atoms with Gasteiger partial charge in [0.25, 0.3) is 5.91 Å². The number of nitrogens with zero attached hydrogens (tertiary/aromatic N) is 5. The summed E-state index contributed by atoms with van der Waals surface area (Å²) in [5.74, 6) is 0.494. The zero-order valence-electron chi connectivity index (χ0n) is 17.1. The molecule has 1 aliphatic heterocycles. The van der Waals surface area contributed by atoms with E-state index in [1.54, 1.807) is 12.4 Å². The van der Waals surface area contributed by atoms with Crippen LogP contribution >= 0.6 is 0 Å².